The van der Waals surface area contributed by atoms with Crippen LogP contribution in [0.25, 0.3) is 0 Å². The van der Waals surface area contributed by atoms with Crippen molar-refractivity contribution in [2.75, 3.05) is 11.9 Å². The molecule has 1 N–H and O–H groups in total. The molecule has 154 valence electrons. The van der Waals surface area contributed by atoms with Crippen LogP contribution in [0.4, 0.5) is 5.82 Å². The number of nitrogens with zero attached hydrogens (tertiary/aromatic N) is 4. The maximum atomic E-state index is 13.7. The van der Waals surface area contributed by atoms with Gasteiger partial charge in [-0.15, -0.1) is 0 Å². The summed E-state index contributed by atoms with van der Waals surface area (Å²) in [6.45, 7) is 4.94. The molecule has 0 bridgehead atoms. The number of aromatic nitrogens is 3. The number of carbonyl (C=O) groups is 1. The topological polar surface area (TPSA) is 63.1 Å². The van der Waals surface area contributed by atoms with Crippen molar-refractivity contribution in [1.82, 2.24) is 19.7 Å². The second kappa shape index (κ2) is 8.50. The van der Waals surface area contributed by atoms with Crippen molar-refractivity contribution in [3.63, 3.8) is 0 Å². The molecule has 1 aliphatic heterocycles. The molecular formula is C22H21Cl2N5O. The Balaban J connectivity index is 1.76. The third kappa shape index (κ3) is 3.80. The van der Waals surface area contributed by atoms with Crippen LogP contribution in [0.2, 0.25) is 10.0 Å². The van der Waals surface area contributed by atoms with Crippen LogP contribution < -0.4 is 5.32 Å². The average Bonchev–Trinajstić information content (AvgIpc) is 3.21. The number of likely N-dealkylation sites (N-methyl/N-ethyl adjacent to an activating group) is 1. The van der Waals surface area contributed by atoms with Crippen LogP contribution in [0, 0.1) is 0 Å². The number of hydrogen-bond donors (Lipinski definition) is 1. The van der Waals surface area contributed by atoms with E-state index in [2.05, 4.69) is 15.4 Å². The standard InChI is InChI=1S/C22H21Cl2N5O/c1-3-28(13-15-6-9-25-10-7-15)22(30)20-14(2)27-19-8-11-26-29(19)21(20)16-4-5-17(23)18(24)12-16/h4-12,21,27H,3,13H2,1-2H3. The fraction of sp³-hybridized carbons (Fsp3) is 0.227. The molecule has 0 aliphatic carbocycles. The van der Waals surface area contributed by atoms with Gasteiger partial charge in [-0.05, 0) is 49.2 Å². The summed E-state index contributed by atoms with van der Waals surface area (Å²) in [6, 6.07) is 10.7. The van der Waals surface area contributed by atoms with Gasteiger partial charge in [0.2, 0.25) is 0 Å². The van der Waals surface area contributed by atoms with Crippen molar-refractivity contribution >= 4 is 34.9 Å². The monoisotopic (exact) mass is 441 g/mol. The molecule has 1 amide bonds. The Labute approximate surface area is 185 Å². The summed E-state index contributed by atoms with van der Waals surface area (Å²) in [5.41, 5.74) is 3.28. The van der Waals surface area contributed by atoms with E-state index in [1.54, 1.807) is 35.4 Å². The van der Waals surface area contributed by atoms with Gasteiger partial charge in [-0.1, -0.05) is 29.3 Å². The van der Waals surface area contributed by atoms with Gasteiger partial charge < -0.3 is 10.2 Å². The molecule has 2 aromatic heterocycles. The molecule has 8 heteroatoms. The van der Waals surface area contributed by atoms with E-state index in [4.69, 9.17) is 23.2 Å². The number of rotatable bonds is 5. The Bertz CT molecular complexity index is 1110. The van der Waals surface area contributed by atoms with Crippen molar-refractivity contribution in [3.8, 4) is 0 Å². The summed E-state index contributed by atoms with van der Waals surface area (Å²) >= 11 is 12.4. The fourth-order valence-corrected chi connectivity index (χ4v) is 3.99. The molecule has 0 radical (unpaired) electrons. The van der Waals surface area contributed by atoms with Gasteiger partial charge >= 0.3 is 0 Å². The van der Waals surface area contributed by atoms with Crippen molar-refractivity contribution in [2.45, 2.75) is 26.4 Å². The number of nitrogens with one attached hydrogen (secondary N) is 1. The SMILES string of the molecule is CCN(Cc1ccncc1)C(=O)C1=C(C)Nc2ccnn2C1c1ccc(Cl)c(Cl)c1. The lowest BCUT2D eigenvalue weighted by molar-refractivity contribution is -0.128. The van der Waals surface area contributed by atoms with E-state index in [1.165, 1.54) is 0 Å². The van der Waals surface area contributed by atoms with Crippen LogP contribution in [0.15, 0.2) is 66.3 Å². The third-order valence-corrected chi connectivity index (χ3v) is 5.93. The summed E-state index contributed by atoms with van der Waals surface area (Å²) in [7, 11) is 0. The number of anilines is 1. The molecule has 1 aromatic carbocycles. The Kier molecular flexibility index (Phi) is 5.79. The molecular weight excluding hydrogens is 421 g/mol. The Morgan fingerprint density at radius 1 is 1.13 bits per heavy atom. The predicted molar refractivity (Wildman–Crippen MR) is 118 cm³/mol. The van der Waals surface area contributed by atoms with E-state index in [0.717, 1.165) is 22.6 Å². The lowest BCUT2D eigenvalue weighted by Crippen LogP contribution is -2.38. The van der Waals surface area contributed by atoms with E-state index in [0.29, 0.717) is 28.7 Å². The largest absolute Gasteiger partial charge is 0.344 e. The van der Waals surface area contributed by atoms with E-state index in [1.807, 2.05) is 43.0 Å². The molecule has 1 aliphatic rings. The second-order valence-corrected chi connectivity index (χ2v) is 7.89. The van der Waals surface area contributed by atoms with Gasteiger partial charge in [-0.3, -0.25) is 9.78 Å². The highest BCUT2D eigenvalue weighted by atomic mass is 35.5. The van der Waals surface area contributed by atoms with Gasteiger partial charge in [0.05, 0.1) is 21.8 Å². The van der Waals surface area contributed by atoms with Gasteiger partial charge in [-0.25, -0.2) is 4.68 Å². The molecule has 1 atom stereocenters. The van der Waals surface area contributed by atoms with E-state index < -0.39 is 6.04 Å². The van der Waals surface area contributed by atoms with Gasteiger partial charge in [0, 0.05) is 37.2 Å². The highest BCUT2D eigenvalue weighted by Gasteiger charge is 2.34. The zero-order chi connectivity index (χ0) is 21.3. The van der Waals surface area contributed by atoms with Gasteiger partial charge in [0.1, 0.15) is 11.9 Å². The molecule has 3 aromatic rings. The fourth-order valence-electron chi connectivity index (χ4n) is 3.68. The Morgan fingerprint density at radius 2 is 1.90 bits per heavy atom. The summed E-state index contributed by atoms with van der Waals surface area (Å²) in [6.07, 6.45) is 5.17. The summed E-state index contributed by atoms with van der Waals surface area (Å²) in [5.74, 6) is 0.758. The first-order valence-electron chi connectivity index (χ1n) is 9.64. The summed E-state index contributed by atoms with van der Waals surface area (Å²) in [5, 5.41) is 8.68. The van der Waals surface area contributed by atoms with Crippen LogP contribution in [-0.4, -0.2) is 32.1 Å². The number of pyridine rings is 1. The van der Waals surface area contributed by atoms with E-state index in [-0.39, 0.29) is 5.91 Å². The van der Waals surface area contributed by atoms with Gasteiger partial charge in [0.15, 0.2) is 0 Å². The van der Waals surface area contributed by atoms with Crippen LogP contribution in [-0.2, 0) is 11.3 Å². The van der Waals surface area contributed by atoms with Crippen LogP contribution >= 0.6 is 23.2 Å². The number of amides is 1. The van der Waals surface area contributed by atoms with Gasteiger partial charge in [0.25, 0.3) is 5.91 Å². The first kappa shape index (κ1) is 20.4. The number of halogens is 2. The van der Waals surface area contributed by atoms with E-state index in [9.17, 15) is 4.79 Å². The predicted octanol–water partition coefficient (Wildman–Crippen LogP) is 4.92. The third-order valence-electron chi connectivity index (χ3n) is 5.19. The first-order valence-corrected chi connectivity index (χ1v) is 10.4. The first-order chi connectivity index (χ1) is 14.5. The van der Waals surface area contributed by atoms with Crippen LogP contribution in [0.5, 0.6) is 0 Å². The minimum Gasteiger partial charge on any atom is -0.344 e. The minimum atomic E-state index is -0.412. The summed E-state index contributed by atoms with van der Waals surface area (Å²) in [4.78, 5) is 19.6. The lowest BCUT2D eigenvalue weighted by atomic mass is 9.94. The van der Waals surface area contributed by atoms with Crippen molar-refractivity contribution in [2.24, 2.45) is 0 Å². The lowest BCUT2D eigenvalue weighted by Gasteiger charge is -2.33. The number of carbonyl (C=O) groups excluding carboxylic acids is 1. The molecule has 0 fully saturated rings. The summed E-state index contributed by atoms with van der Waals surface area (Å²) < 4.78 is 1.81. The van der Waals surface area contributed by atoms with Gasteiger partial charge in [-0.2, -0.15) is 5.10 Å². The quantitative estimate of drug-likeness (QED) is 0.609. The Hall–Kier alpha value is -2.83. The molecule has 30 heavy (non-hydrogen) atoms. The smallest absolute Gasteiger partial charge is 0.254 e. The molecule has 6 nitrogen and oxygen atoms in total. The van der Waals surface area contributed by atoms with Crippen LogP contribution in [0.1, 0.15) is 31.0 Å². The number of fused-ring (bicyclic) bond motifs is 1. The maximum Gasteiger partial charge on any atom is 0.254 e. The van der Waals surface area contributed by atoms with Crippen molar-refractivity contribution in [1.29, 1.82) is 0 Å². The van der Waals surface area contributed by atoms with E-state index >= 15 is 0 Å². The minimum absolute atomic E-state index is 0.0588. The number of allylic oxidation sites excluding steroid dienone is 1. The number of hydrogen-bond acceptors (Lipinski definition) is 4. The maximum absolute atomic E-state index is 13.7. The Morgan fingerprint density at radius 3 is 2.60 bits per heavy atom. The second-order valence-electron chi connectivity index (χ2n) is 7.08. The highest BCUT2D eigenvalue weighted by Crippen LogP contribution is 2.38. The van der Waals surface area contributed by atoms with Crippen LogP contribution in [0.3, 0.4) is 0 Å². The average molecular weight is 442 g/mol. The zero-order valence-electron chi connectivity index (χ0n) is 16.6. The number of benzene rings is 1. The molecule has 0 saturated heterocycles. The molecule has 4 rings (SSSR count). The molecule has 0 saturated carbocycles. The van der Waals surface area contributed by atoms with Crippen molar-refractivity contribution in [3.05, 3.63) is 87.4 Å². The van der Waals surface area contributed by atoms with Crippen molar-refractivity contribution < 1.29 is 4.79 Å². The molecule has 0 spiro atoms. The highest BCUT2D eigenvalue weighted by molar-refractivity contribution is 6.42. The molecule has 1 unspecified atom stereocenters. The molecule has 3 heterocycles. The normalized spacial score (nSPS) is 15.5. The zero-order valence-corrected chi connectivity index (χ0v) is 18.2.